The zero-order valence-electron chi connectivity index (χ0n) is 13.9. The molecule has 0 spiro atoms. The Bertz CT molecular complexity index is 959. The standard InChI is InChI=1S/C19H16FN3O2S/c1-12-11-16(24)23-19(21-12)26-17(13-5-3-2-4-6-13)18(25)22-15-9-7-14(20)8-10-15/h2-11,17H,1H3,(H,22,25)(H,21,23,24). The van der Waals surface area contributed by atoms with Gasteiger partial charge in [0.15, 0.2) is 5.16 Å². The molecule has 1 heterocycles. The molecule has 1 aromatic heterocycles. The van der Waals surface area contributed by atoms with Gasteiger partial charge in [-0.2, -0.15) is 0 Å². The van der Waals surface area contributed by atoms with E-state index in [1.54, 1.807) is 6.92 Å². The van der Waals surface area contributed by atoms with Crippen LogP contribution in [0.3, 0.4) is 0 Å². The van der Waals surface area contributed by atoms with Crippen molar-refractivity contribution in [3.8, 4) is 0 Å². The van der Waals surface area contributed by atoms with Gasteiger partial charge in [0.05, 0.1) is 0 Å². The number of aromatic amines is 1. The number of halogens is 1. The average Bonchev–Trinajstić information content (AvgIpc) is 2.61. The number of thioether (sulfide) groups is 1. The van der Waals surface area contributed by atoms with Crippen LogP contribution in [0.4, 0.5) is 10.1 Å². The summed E-state index contributed by atoms with van der Waals surface area (Å²) in [5.41, 5.74) is 1.55. The van der Waals surface area contributed by atoms with Crippen molar-refractivity contribution in [2.24, 2.45) is 0 Å². The zero-order chi connectivity index (χ0) is 18.5. The molecule has 0 saturated carbocycles. The minimum absolute atomic E-state index is 0.272. The molecule has 0 radical (unpaired) electrons. The van der Waals surface area contributed by atoms with Gasteiger partial charge in [0, 0.05) is 17.4 Å². The number of nitrogens with zero attached hydrogens (tertiary/aromatic N) is 1. The Morgan fingerprint density at radius 2 is 1.85 bits per heavy atom. The first-order valence-corrected chi connectivity index (χ1v) is 8.75. The molecule has 132 valence electrons. The van der Waals surface area contributed by atoms with E-state index in [0.29, 0.717) is 16.5 Å². The van der Waals surface area contributed by atoms with Crippen molar-refractivity contribution in [2.75, 3.05) is 5.32 Å². The number of amides is 1. The smallest absolute Gasteiger partial charge is 0.251 e. The summed E-state index contributed by atoms with van der Waals surface area (Å²) in [6, 6.07) is 16.1. The van der Waals surface area contributed by atoms with E-state index >= 15 is 0 Å². The van der Waals surface area contributed by atoms with Crippen LogP contribution < -0.4 is 10.9 Å². The fourth-order valence-electron chi connectivity index (χ4n) is 2.36. The first kappa shape index (κ1) is 17.9. The van der Waals surface area contributed by atoms with Gasteiger partial charge in [-0.15, -0.1) is 0 Å². The number of benzene rings is 2. The number of aryl methyl sites for hydroxylation is 1. The number of hydrogen-bond donors (Lipinski definition) is 2. The number of nitrogens with one attached hydrogen (secondary N) is 2. The highest BCUT2D eigenvalue weighted by molar-refractivity contribution is 8.00. The summed E-state index contributed by atoms with van der Waals surface area (Å²) in [5.74, 6) is -0.671. The Labute approximate surface area is 153 Å². The fourth-order valence-corrected chi connectivity index (χ4v) is 3.40. The van der Waals surface area contributed by atoms with Crippen LogP contribution in [0, 0.1) is 12.7 Å². The third-order valence-corrected chi connectivity index (χ3v) is 4.67. The lowest BCUT2D eigenvalue weighted by atomic mass is 10.1. The van der Waals surface area contributed by atoms with Crippen molar-refractivity contribution in [3.05, 3.63) is 88.1 Å². The predicted octanol–water partition coefficient (Wildman–Crippen LogP) is 3.69. The van der Waals surface area contributed by atoms with Crippen molar-refractivity contribution in [1.29, 1.82) is 0 Å². The molecule has 2 aromatic carbocycles. The van der Waals surface area contributed by atoms with Gasteiger partial charge >= 0.3 is 0 Å². The number of carbonyl (C=O) groups excluding carboxylic acids is 1. The summed E-state index contributed by atoms with van der Waals surface area (Å²) in [7, 11) is 0. The summed E-state index contributed by atoms with van der Waals surface area (Å²) in [4.78, 5) is 31.4. The SMILES string of the molecule is Cc1cc(=O)[nH]c(SC(C(=O)Nc2ccc(F)cc2)c2ccccc2)n1. The average molecular weight is 369 g/mol. The molecular weight excluding hydrogens is 353 g/mol. The van der Waals surface area contributed by atoms with Crippen molar-refractivity contribution < 1.29 is 9.18 Å². The monoisotopic (exact) mass is 369 g/mol. The van der Waals surface area contributed by atoms with Crippen LogP contribution >= 0.6 is 11.8 Å². The van der Waals surface area contributed by atoms with Gasteiger partial charge in [0.25, 0.3) is 5.56 Å². The van der Waals surface area contributed by atoms with Crippen LogP contribution in [0.2, 0.25) is 0 Å². The largest absolute Gasteiger partial charge is 0.325 e. The molecule has 0 aliphatic carbocycles. The summed E-state index contributed by atoms with van der Waals surface area (Å²) in [6.45, 7) is 1.72. The second-order valence-electron chi connectivity index (χ2n) is 5.60. The Balaban J connectivity index is 1.89. The molecular formula is C19H16FN3O2S. The van der Waals surface area contributed by atoms with Crippen molar-refractivity contribution in [1.82, 2.24) is 9.97 Å². The molecule has 3 aromatic rings. The Hall–Kier alpha value is -2.93. The summed E-state index contributed by atoms with van der Waals surface area (Å²) < 4.78 is 13.1. The lowest BCUT2D eigenvalue weighted by Gasteiger charge is -2.16. The van der Waals surface area contributed by atoms with Gasteiger partial charge in [-0.05, 0) is 36.8 Å². The van der Waals surface area contributed by atoms with Gasteiger partial charge in [-0.3, -0.25) is 9.59 Å². The molecule has 5 nitrogen and oxygen atoms in total. The van der Waals surface area contributed by atoms with Crippen LogP contribution in [-0.2, 0) is 4.79 Å². The summed E-state index contributed by atoms with van der Waals surface area (Å²) >= 11 is 1.15. The zero-order valence-corrected chi connectivity index (χ0v) is 14.7. The minimum atomic E-state index is -0.633. The van der Waals surface area contributed by atoms with Gasteiger partial charge in [0.2, 0.25) is 5.91 Å². The number of rotatable bonds is 5. The topological polar surface area (TPSA) is 74.8 Å². The van der Waals surface area contributed by atoms with Crippen LogP contribution in [0.25, 0.3) is 0 Å². The van der Waals surface area contributed by atoms with E-state index in [1.807, 2.05) is 30.3 Å². The Morgan fingerprint density at radius 1 is 1.15 bits per heavy atom. The molecule has 2 N–H and O–H groups in total. The third kappa shape index (κ3) is 4.58. The first-order valence-electron chi connectivity index (χ1n) is 7.87. The van der Waals surface area contributed by atoms with E-state index in [0.717, 1.165) is 17.3 Å². The van der Waals surface area contributed by atoms with E-state index in [4.69, 9.17) is 0 Å². The van der Waals surface area contributed by atoms with Crippen molar-refractivity contribution in [3.63, 3.8) is 0 Å². The predicted molar refractivity (Wildman–Crippen MR) is 99.7 cm³/mol. The quantitative estimate of drug-likeness (QED) is 0.531. The molecule has 0 aliphatic rings. The van der Waals surface area contributed by atoms with Gasteiger partial charge in [0.1, 0.15) is 11.1 Å². The third-order valence-electron chi connectivity index (χ3n) is 3.53. The molecule has 0 fully saturated rings. The molecule has 0 saturated heterocycles. The molecule has 26 heavy (non-hydrogen) atoms. The van der Waals surface area contributed by atoms with E-state index in [1.165, 1.54) is 30.3 Å². The number of carbonyl (C=O) groups is 1. The van der Waals surface area contributed by atoms with E-state index < -0.39 is 5.25 Å². The van der Waals surface area contributed by atoms with Crippen LogP contribution in [0.1, 0.15) is 16.5 Å². The minimum Gasteiger partial charge on any atom is -0.325 e. The van der Waals surface area contributed by atoms with Crippen molar-refractivity contribution in [2.45, 2.75) is 17.3 Å². The molecule has 1 unspecified atom stereocenters. The molecule has 0 aliphatic heterocycles. The second kappa shape index (κ2) is 7.97. The molecule has 7 heteroatoms. The summed E-state index contributed by atoms with van der Waals surface area (Å²) in [6.07, 6.45) is 0. The normalized spacial score (nSPS) is 11.8. The van der Waals surface area contributed by atoms with E-state index in [2.05, 4.69) is 15.3 Å². The van der Waals surface area contributed by atoms with Gasteiger partial charge in [-0.25, -0.2) is 9.37 Å². The van der Waals surface area contributed by atoms with Gasteiger partial charge in [-0.1, -0.05) is 42.1 Å². The number of hydrogen-bond acceptors (Lipinski definition) is 4. The van der Waals surface area contributed by atoms with E-state index in [9.17, 15) is 14.0 Å². The number of aromatic nitrogens is 2. The maximum atomic E-state index is 13.1. The second-order valence-corrected chi connectivity index (χ2v) is 6.69. The van der Waals surface area contributed by atoms with Crippen LogP contribution in [0.15, 0.2) is 70.6 Å². The molecule has 0 bridgehead atoms. The molecule has 1 atom stereocenters. The number of H-pyrrole nitrogens is 1. The van der Waals surface area contributed by atoms with Gasteiger partial charge < -0.3 is 10.3 Å². The maximum absolute atomic E-state index is 13.1. The van der Waals surface area contributed by atoms with Crippen LogP contribution in [0.5, 0.6) is 0 Å². The first-order chi connectivity index (χ1) is 12.5. The lowest BCUT2D eigenvalue weighted by Crippen LogP contribution is -2.20. The van der Waals surface area contributed by atoms with Crippen LogP contribution in [-0.4, -0.2) is 15.9 Å². The highest BCUT2D eigenvalue weighted by atomic mass is 32.2. The lowest BCUT2D eigenvalue weighted by molar-refractivity contribution is -0.115. The molecule has 1 amide bonds. The van der Waals surface area contributed by atoms with E-state index in [-0.39, 0.29) is 17.3 Å². The highest BCUT2D eigenvalue weighted by Gasteiger charge is 2.23. The Kier molecular flexibility index (Phi) is 5.48. The summed E-state index contributed by atoms with van der Waals surface area (Å²) in [5, 5.41) is 2.50. The van der Waals surface area contributed by atoms with Crippen molar-refractivity contribution >= 4 is 23.4 Å². The highest BCUT2D eigenvalue weighted by Crippen LogP contribution is 2.34. The molecule has 3 rings (SSSR count). The Morgan fingerprint density at radius 3 is 2.50 bits per heavy atom. The fraction of sp³-hybridized carbons (Fsp3) is 0.105. The number of anilines is 1. The maximum Gasteiger partial charge on any atom is 0.251 e.